The van der Waals surface area contributed by atoms with Crippen molar-refractivity contribution in [2.24, 2.45) is 5.10 Å². The topological polar surface area (TPSA) is 41.5 Å². The van der Waals surface area contributed by atoms with Crippen LogP contribution in [-0.2, 0) is 5.41 Å². The van der Waals surface area contributed by atoms with Crippen molar-refractivity contribution in [3.63, 3.8) is 0 Å². The molecule has 0 saturated carbocycles. The molecule has 2 aromatic carbocycles. The van der Waals surface area contributed by atoms with Gasteiger partial charge in [-0.1, -0.05) is 69.3 Å². The standard InChI is InChI=1S/C21H24N2O/c1-16(14-17-8-6-5-7-9-17)15-22-23-20(24)18-10-12-19(13-11-18)21(2,3)4/h5-15H,1-4H3,(H,23,24)/b16-14?,22-15-. The first-order valence-electron chi connectivity index (χ1n) is 8.03. The van der Waals surface area contributed by atoms with Crippen LogP contribution in [0, 0.1) is 0 Å². The van der Waals surface area contributed by atoms with E-state index in [1.807, 2.05) is 67.6 Å². The zero-order chi connectivity index (χ0) is 17.6. The van der Waals surface area contributed by atoms with Gasteiger partial charge in [0.05, 0.1) is 6.21 Å². The molecule has 0 bridgehead atoms. The molecule has 1 amide bonds. The Morgan fingerprint density at radius 1 is 1.00 bits per heavy atom. The van der Waals surface area contributed by atoms with E-state index in [2.05, 4.69) is 31.3 Å². The highest BCUT2D eigenvalue weighted by molar-refractivity contribution is 5.95. The summed E-state index contributed by atoms with van der Waals surface area (Å²) in [6, 6.07) is 17.6. The van der Waals surface area contributed by atoms with Gasteiger partial charge in [0.15, 0.2) is 0 Å². The van der Waals surface area contributed by atoms with Crippen LogP contribution in [0.5, 0.6) is 0 Å². The SMILES string of the molecule is CC(=Cc1ccccc1)/C=N\NC(=O)c1ccc(C(C)(C)C)cc1. The zero-order valence-electron chi connectivity index (χ0n) is 14.7. The molecule has 124 valence electrons. The highest BCUT2D eigenvalue weighted by Gasteiger charge is 2.14. The first kappa shape index (κ1) is 17.7. The maximum atomic E-state index is 12.1. The molecule has 0 fully saturated rings. The summed E-state index contributed by atoms with van der Waals surface area (Å²) < 4.78 is 0. The highest BCUT2D eigenvalue weighted by atomic mass is 16.2. The number of carbonyl (C=O) groups is 1. The van der Waals surface area contributed by atoms with E-state index < -0.39 is 0 Å². The molecule has 2 rings (SSSR count). The summed E-state index contributed by atoms with van der Waals surface area (Å²) in [4.78, 5) is 12.1. The minimum Gasteiger partial charge on any atom is -0.267 e. The van der Waals surface area contributed by atoms with Crippen molar-refractivity contribution < 1.29 is 4.79 Å². The molecule has 0 aliphatic heterocycles. The number of benzene rings is 2. The lowest BCUT2D eigenvalue weighted by Crippen LogP contribution is -2.18. The fraction of sp³-hybridized carbons (Fsp3) is 0.238. The Hall–Kier alpha value is -2.68. The third kappa shape index (κ3) is 5.20. The molecule has 0 aliphatic carbocycles. The van der Waals surface area contributed by atoms with E-state index in [0.29, 0.717) is 5.56 Å². The average Bonchev–Trinajstić information content (AvgIpc) is 2.55. The number of allylic oxidation sites excluding steroid dienone is 1. The number of nitrogens with one attached hydrogen (secondary N) is 1. The number of rotatable bonds is 4. The first-order valence-corrected chi connectivity index (χ1v) is 8.03. The predicted molar refractivity (Wildman–Crippen MR) is 101 cm³/mol. The molecule has 24 heavy (non-hydrogen) atoms. The fourth-order valence-corrected chi connectivity index (χ4v) is 2.23. The molecule has 0 spiro atoms. The lowest BCUT2D eigenvalue weighted by Gasteiger charge is -2.18. The van der Waals surface area contributed by atoms with Gasteiger partial charge in [0.1, 0.15) is 0 Å². The first-order chi connectivity index (χ1) is 11.4. The summed E-state index contributed by atoms with van der Waals surface area (Å²) in [5, 5.41) is 4.02. The van der Waals surface area contributed by atoms with Crippen LogP contribution >= 0.6 is 0 Å². The summed E-state index contributed by atoms with van der Waals surface area (Å²) in [5.41, 5.74) is 6.50. The van der Waals surface area contributed by atoms with E-state index in [1.54, 1.807) is 6.21 Å². The molecule has 0 aromatic heterocycles. The maximum absolute atomic E-state index is 12.1. The Bertz CT molecular complexity index is 736. The van der Waals surface area contributed by atoms with Crippen molar-refractivity contribution in [1.29, 1.82) is 0 Å². The second-order valence-corrected chi connectivity index (χ2v) is 6.83. The third-order valence-corrected chi connectivity index (χ3v) is 3.64. The Morgan fingerprint density at radius 3 is 2.21 bits per heavy atom. The molecular weight excluding hydrogens is 296 g/mol. The molecule has 0 saturated heterocycles. The van der Waals surface area contributed by atoms with Gasteiger partial charge in [-0.3, -0.25) is 4.79 Å². The molecule has 0 unspecified atom stereocenters. The van der Waals surface area contributed by atoms with Gasteiger partial charge in [-0.05, 0) is 41.2 Å². The van der Waals surface area contributed by atoms with Crippen molar-refractivity contribution in [3.05, 3.63) is 76.9 Å². The maximum Gasteiger partial charge on any atom is 0.271 e. The van der Waals surface area contributed by atoms with Crippen LogP contribution < -0.4 is 5.43 Å². The molecule has 3 heteroatoms. The van der Waals surface area contributed by atoms with Crippen LogP contribution in [0.1, 0.15) is 49.2 Å². The molecule has 0 atom stereocenters. The number of hydrogen-bond acceptors (Lipinski definition) is 2. The Labute approximate surface area is 144 Å². The van der Waals surface area contributed by atoms with Crippen LogP contribution in [0.2, 0.25) is 0 Å². The summed E-state index contributed by atoms with van der Waals surface area (Å²) in [6.07, 6.45) is 3.65. The minimum atomic E-state index is -0.209. The quantitative estimate of drug-likeness (QED) is 0.638. The van der Waals surface area contributed by atoms with Crippen molar-refractivity contribution in [1.82, 2.24) is 5.43 Å². The highest BCUT2D eigenvalue weighted by Crippen LogP contribution is 2.22. The van der Waals surface area contributed by atoms with Gasteiger partial charge in [0.25, 0.3) is 5.91 Å². The number of hydrogen-bond donors (Lipinski definition) is 1. The summed E-state index contributed by atoms with van der Waals surface area (Å²) in [5.74, 6) is -0.209. The van der Waals surface area contributed by atoms with E-state index in [9.17, 15) is 4.79 Å². The van der Waals surface area contributed by atoms with Crippen molar-refractivity contribution >= 4 is 18.2 Å². The van der Waals surface area contributed by atoms with Gasteiger partial charge in [0, 0.05) is 5.56 Å². The number of carbonyl (C=O) groups excluding carboxylic acids is 1. The van der Waals surface area contributed by atoms with E-state index in [1.165, 1.54) is 5.56 Å². The predicted octanol–water partition coefficient (Wildman–Crippen LogP) is 4.80. The summed E-state index contributed by atoms with van der Waals surface area (Å²) in [6.45, 7) is 8.39. The minimum absolute atomic E-state index is 0.0759. The average molecular weight is 320 g/mol. The largest absolute Gasteiger partial charge is 0.271 e. The van der Waals surface area contributed by atoms with Gasteiger partial charge in [-0.2, -0.15) is 5.10 Å². The van der Waals surface area contributed by atoms with Crippen molar-refractivity contribution in [2.45, 2.75) is 33.1 Å². The number of hydrazone groups is 1. The van der Waals surface area contributed by atoms with E-state index in [-0.39, 0.29) is 11.3 Å². The third-order valence-electron chi connectivity index (χ3n) is 3.64. The van der Waals surface area contributed by atoms with Gasteiger partial charge < -0.3 is 0 Å². The van der Waals surface area contributed by atoms with Crippen LogP contribution in [0.15, 0.2) is 65.3 Å². The second kappa shape index (κ2) is 7.73. The van der Waals surface area contributed by atoms with Gasteiger partial charge in [-0.25, -0.2) is 5.43 Å². The van der Waals surface area contributed by atoms with Crippen LogP contribution in [0.25, 0.3) is 6.08 Å². The molecule has 1 N–H and O–H groups in total. The molecule has 0 heterocycles. The Morgan fingerprint density at radius 2 is 1.62 bits per heavy atom. The molecular formula is C21H24N2O. The number of amides is 1. The summed E-state index contributed by atoms with van der Waals surface area (Å²) in [7, 11) is 0. The zero-order valence-corrected chi connectivity index (χ0v) is 14.7. The lowest BCUT2D eigenvalue weighted by molar-refractivity contribution is 0.0955. The molecule has 2 aromatic rings. The van der Waals surface area contributed by atoms with Gasteiger partial charge in [0.2, 0.25) is 0 Å². The fourth-order valence-electron chi connectivity index (χ4n) is 2.23. The van der Waals surface area contributed by atoms with Gasteiger partial charge in [-0.15, -0.1) is 0 Å². The van der Waals surface area contributed by atoms with Crippen LogP contribution in [-0.4, -0.2) is 12.1 Å². The van der Waals surface area contributed by atoms with E-state index >= 15 is 0 Å². The van der Waals surface area contributed by atoms with Crippen molar-refractivity contribution in [3.8, 4) is 0 Å². The van der Waals surface area contributed by atoms with Crippen molar-refractivity contribution in [2.75, 3.05) is 0 Å². The normalized spacial score (nSPS) is 12.4. The molecule has 0 aliphatic rings. The van der Waals surface area contributed by atoms with Gasteiger partial charge >= 0.3 is 0 Å². The molecule has 3 nitrogen and oxygen atoms in total. The Kier molecular flexibility index (Phi) is 5.69. The smallest absolute Gasteiger partial charge is 0.267 e. The Balaban J connectivity index is 1.96. The van der Waals surface area contributed by atoms with E-state index in [4.69, 9.17) is 0 Å². The second-order valence-electron chi connectivity index (χ2n) is 6.83. The van der Waals surface area contributed by atoms with Crippen LogP contribution in [0.3, 0.4) is 0 Å². The van der Waals surface area contributed by atoms with E-state index in [0.717, 1.165) is 11.1 Å². The summed E-state index contributed by atoms with van der Waals surface area (Å²) >= 11 is 0. The van der Waals surface area contributed by atoms with Crippen LogP contribution in [0.4, 0.5) is 0 Å². The monoisotopic (exact) mass is 320 g/mol. The molecule has 0 radical (unpaired) electrons. The number of nitrogens with zero attached hydrogens (tertiary/aromatic N) is 1. The lowest BCUT2D eigenvalue weighted by atomic mass is 9.87.